The van der Waals surface area contributed by atoms with Crippen LogP contribution in [0.25, 0.3) is 5.57 Å². The van der Waals surface area contributed by atoms with Crippen molar-refractivity contribution in [2.24, 2.45) is 0 Å². The lowest BCUT2D eigenvalue weighted by molar-refractivity contribution is 1.25. The van der Waals surface area contributed by atoms with Crippen LogP contribution in [-0.2, 0) is 0 Å². The monoisotopic (exact) mass is 248 g/mol. The molecule has 0 bridgehead atoms. The molecule has 1 aromatic carbocycles. The number of thioether (sulfide) groups is 2. The molecule has 0 N–H and O–H groups in total. The van der Waals surface area contributed by atoms with Crippen LogP contribution in [0.1, 0.15) is 18.1 Å². The molecule has 1 aliphatic rings. The van der Waals surface area contributed by atoms with Gasteiger partial charge in [0.1, 0.15) is 0 Å². The molecule has 1 aliphatic heterocycles. The third-order valence-electron chi connectivity index (χ3n) is 2.58. The van der Waals surface area contributed by atoms with Gasteiger partial charge < -0.3 is 0 Å². The Labute approximate surface area is 106 Å². The molecule has 0 radical (unpaired) electrons. The molecule has 0 aliphatic carbocycles. The van der Waals surface area contributed by atoms with Crippen LogP contribution in [0.4, 0.5) is 0 Å². The summed E-state index contributed by atoms with van der Waals surface area (Å²) in [6, 6.07) is 8.76. The average molecular weight is 248 g/mol. The first-order valence-corrected chi connectivity index (χ1v) is 7.50. The summed E-state index contributed by atoms with van der Waals surface area (Å²) in [5, 5.41) is 0.573. The summed E-state index contributed by atoms with van der Waals surface area (Å²) in [5.41, 5.74) is 4.00. The molecule has 0 nitrogen and oxygen atoms in total. The first kappa shape index (κ1) is 11.9. The van der Waals surface area contributed by atoms with Gasteiger partial charge >= 0.3 is 0 Å². The molecule has 1 atom stereocenters. The van der Waals surface area contributed by atoms with Crippen molar-refractivity contribution in [1.29, 1.82) is 0 Å². The predicted molar refractivity (Wildman–Crippen MR) is 77.8 cm³/mol. The van der Waals surface area contributed by atoms with E-state index in [1.54, 1.807) is 0 Å². The second kappa shape index (κ2) is 5.15. The highest BCUT2D eigenvalue weighted by atomic mass is 32.2. The molecule has 84 valence electrons. The van der Waals surface area contributed by atoms with Gasteiger partial charge in [0, 0.05) is 9.49 Å². The van der Waals surface area contributed by atoms with Gasteiger partial charge in [-0.3, -0.25) is 0 Å². The Hall–Kier alpha value is -0.600. The molecular formula is C14H16S2. The molecule has 2 rings (SSSR count). The Bertz CT molecular complexity index is 427. The molecule has 1 aromatic rings. The maximum atomic E-state index is 2.34. The fraction of sp³-hybridized carbons (Fsp3) is 0.286. The van der Waals surface area contributed by atoms with Crippen molar-refractivity contribution in [3.63, 3.8) is 0 Å². The van der Waals surface area contributed by atoms with E-state index in [9.17, 15) is 0 Å². The second-order valence-electron chi connectivity index (χ2n) is 3.98. The topological polar surface area (TPSA) is 0 Å². The van der Waals surface area contributed by atoms with E-state index in [4.69, 9.17) is 0 Å². The first-order chi connectivity index (χ1) is 7.69. The molecule has 2 heteroatoms. The second-order valence-corrected chi connectivity index (χ2v) is 6.50. The highest BCUT2D eigenvalue weighted by Crippen LogP contribution is 2.38. The molecule has 0 saturated carbocycles. The van der Waals surface area contributed by atoms with Crippen LogP contribution >= 0.6 is 23.5 Å². The van der Waals surface area contributed by atoms with Gasteiger partial charge in [0.15, 0.2) is 0 Å². The predicted octanol–water partition coefficient (Wildman–Crippen LogP) is 4.72. The normalized spacial score (nSPS) is 20.3. The molecule has 0 spiro atoms. The summed E-state index contributed by atoms with van der Waals surface area (Å²) < 4.78 is 1.41. The zero-order valence-corrected chi connectivity index (χ0v) is 11.5. The van der Waals surface area contributed by atoms with E-state index >= 15 is 0 Å². The fourth-order valence-electron chi connectivity index (χ4n) is 1.71. The first-order valence-electron chi connectivity index (χ1n) is 5.40. The van der Waals surface area contributed by atoms with Gasteiger partial charge in [-0.05, 0) is 37.3 Å². The van der Waals surface area contributed by atoms with Crippen molar-refractivity contribution in [2.45, 2.75) is 19.1 Å². The average Bonchev–Trinajstić information content (AvgIpc) is 2.29. The summed E-state index contributed by atoms with van der Waals surface area (Å²) in [7, 11) is 0. The summed E-state index contributed by atoms with van der Waals surface area (Å²) in [4.78, 5) is 0. The summed E-state index contributed by atoms with van der Waals surface area (Å²) in [5.74, 6) is 0. The van der Waals surface area contributed by atoms with E-state index in [0.717, 1.165) is 0 Å². The Morgan fingerprint density at radius 1 is 1.19 bits per heavy atom. The van der Waals surface area contributed by atoms with Gasteiger partial charge in [-0.15, -0.1) is 23.5 Å². The van der Waals surface area contributed by atoms with E-state index in [-0.39, 0.29) is 0 Å². The lowest BCUT2D eigenvalue weighted by atomic mass is 10.0. The Morgan fingerprint density at radius 2 is 1.88 bits per heavy atom. The molecule has 0 aromatic heterocycles. The van der Waals surface area contributed by atoms with Crippen LogP contribution in [0.3, 0.4) is 0 Å². The van der Waals surface area contributed by atoms with Crippen LogP contribution < -0.4 is 0 Å². The molecule has 0 saturated heterocycles. The molecule has 1 unspecified atom stereocenters. The SMILES string of the molecule is CSC1=CC(c2ccc(C)cc2)=CC(C)S1. The number of benzene rings is 1. The third kappa shape index (κ3) is 2.74. The van der Waals surface area contributed by atoms with Gasteiger partial charge in [-0.25, -0.2) is 0 Å². The van der Waals surface area contributed by atoms with Crippen molar-refractivity contribution in [2.75, 3.05) is 6.26 Å². The van der Waals surface area contributed by atoms with Crippen LogP contribution in [0.15, 0.2) is 40.7 Å². The standard InChI is InChI=1S/C14H16S2/c1-10-4-6-12(7-5-10)13-8-11(2)16-14(9-13)15-3/h4-9,11H,1-3H3. The summed E-state index contributed by atoms with van der Waals surface area (Å²) in [6.45, 7) is 4.38. The lowest BCUT2D eigenvalue weighted by Crippen LogP contribution is -1.98. The molecule has 0 fully saturated rings. The van der Waals surface area contributed by atoms with E-state index in [1.165, 1.54) is 20.9 Å². The maximum absolute atomic E-state index is 2.34. The van der Waals surface area contributed by atoms with Crippen molar-refractivity contribution >= 4 is 29.1 Å². The van der Waals surface area contributed by atoms with Crippen molar-refractivity contribution in [1.82, 2.24) is 0 Å². The minimum Gasteiger partial charge on any atom is -0.123 e. The molecule has 0 amide bonds. The number of hydrogen-bond donors (Lipinski definition) is 0. The van der Waals surface area contributed by atoms with E-state index in [2.05, 4.69) is 56.5 Å². The van der Waals surface area contributed by atoms with E-state index in [1.807, 2.05) is 23.5 Å². The van der Waals surface area contributed by atoms with Crippen LogP contribution in [0.5, 0.6) is 0 Å². The Kier molecular flexibility index (Phi) is 3.82. The highest BCUT2D eigenvalue weighted by Gasteiger charge is 2.12. The number of hydrogen-bond acceptors (Lipinski definition) is 2. The third-order valence-corrected chi connectivity index (χ3v) is 4.74. The summed E-state index contributed by atoms with van der Waals surface area (Å²) >= 11 is 3.77. The minimum absolute atomic E-state index is 0.573. The number of allylic oxidation sites excluding steroid dienone is 2. The van der Waals surface area contributed by atoms with E-state index < -0.39 is 0 Å². The minimum atomic E-state index is 0.573. The van der Waals surface area contributed by atoms with Crippen molar-refractivity contribution in [3.05, 3.63) is 51.8 Å². The fourth-order valence-corrected chi connectivity index (χ4v) is 3.57. The van der Waals surface area contributed by atoms with Gasteiger partial charge in [0.25, 0.3) is 0 Å². The molecule has 16 heavy (non-hydrogen) atoms. The Balaban J connectivity index is 2.33. The zero-order valence-electron chi connectivity index (χ0n) is 9.86. The molecule has 1 heterocycles. The largest absolute Gasteiger partial charge is 0.123 e. The zero-order chi connectivity index (χ0) is 11.5. The van der Waals surface area contributed by atoms with Gasteiger partial charge in [0.2, 0.25) is 0 Å². The number of rotatable bonds is 2. The highest BCUT2D eigenvalue weighted by molar-refractivity contribution is 8.22. The van der Waals surface area contributed by atoms with Gasteiger partial charge in [-0.1, -0.05) is 35.9 Å². The lowest BCUT2D eigenvalue weighted by Gasteiger charge is -2.17. The van der Waals surface area contributed by atoms with E-state index in [0.29, 0.717) is 5.25 Å². The molecular weight excluding hydrogens is 232 g/mol. The maximum Gasteiger partial charge on any atom is 0.0409 e. The van der Waals surface area contributed by atoms with Gasteiger partial charge in [0.05, 0.1) is 0 Å². The number of aryl methyl sites for hydroxylation is 1. The quantitative estimate of drug-likeness (QED) is 0.743. The van der Waals surface area contributed by atoms with Crippen LogP contribution in [-0.4, -0.2) is 11.5 Å². The summed E-state index contributed by atoms with van der Waals surface area (Å²) in [6.07, 6.45) is 6.78. The van der Waals surface area contributed by atoms with Crippen LogP contribution in [0, 0.1) is 6.92 Å². The van der Waals surface area contributed by atoms with Crippen molar-refractivity contribution < 1.29 is 0 Å². The smallest absolute Gasteiger partial charge is 0.0409 e. The Morgan fingerprint density at radius 3 is 2.50 bits per heavy atom. The van der Waals surface area contributed by atoms with Gasteiger partial charge in [-0.2, -0.15) is 0 Å². The van der Waals surface area contributed by atoms with Crippen molar-refractivity contribution in [3.8, 4) is 0 Å². The van der Waals surface area contributed by atoms with Crippen LogP contribution in [0.2, 0.25) is 0 Å².